The molecule has 3 heteroatoms. The molecule has 1 N–H and O–H groups in total. The van der Waals surface area contributed by atoms with Gasteiger partial charge in [0.15, 0.2) is 0 Å². The van der Waals surface area contributed by atoms with Gasteiger partial charge in [0.2, 0.25) is 0 Å². The minimum Gasteiger partial charge on any atom is -0.377 e. The van der Waals surface area contributed by atoms with Gasteiger partial charge >= 0.3 is 0 Å². The fourth-order valence-corrected chi connectivity index (χ4v) is 2.83. The van der Waals surface area contributed by atoms with Gasteiger partial charge in [-0.05, 0) is 37.4 Å². The molecule has 0 aliphatic carbocycles. The van der Waals surface area contributed by atoms with Crippen LogP contribution in [0, 0.1) is 6.92 Å². The van der Waals surface area contributed by atoms with Crippen LogP contribution >= 0.6 is 22.7 Å². The Kier molecular flexibility index (Phi) is 2.89. The number of hydrogen-bond acceptors (Lipinski definition) is 3. The average molecular weight is 223 g/mol. The Labute approximate surface area is 92.4 Å². The first-order valence-electron chi connectivity index (χ1n) is 4.61. The van der Waals surface area contributed by atoms with Crippen molar-refractivity contribution in [3.05, 3.63) is 38.7 Å². The molecule has 0 fully saturated rings. The zero-order valence-electron chi connectivity index (χ0n) is 8.28. The zero-order chi connectivity index (χ0) is 9.97. The quantitative estimate of drug-likeness (QED) is 0.818. The lowest BCUT2D eigenvalue weighted by Gasteiger charge is -2.11. The molecule has 0 aliphatic heterocycles. The smallest absolute Gasteiger partial charge is 0.0578 e. The van der Waals surface area contributed by atoms with Gasteiger partial charge in [0, 0.05) is 20.8 Å². The van der Waals surface area contributed by atoms with Gasteiger partial charge in [0.25, 0.3) is 0 Å². The Morgan fingerprint density at radius 1 is 1.29 bits per heavy atom. The summed E-state index contributed by atoms with van der Waals surface area (Å²) in [7, 11) is 0. The van der Waals surface area contributed by atoms with Crippen LogP contribution in [0.4, 0.5) is 5.69 Å². The van der Waals surface area contributed by atoms with Gasteiger partial charge < -0.3 is 5.32 Å². The van der Waals surface area contributed by atoms with Crippen LogP contribution < -0.4 is 5.32 Å². The number of nitrogens with one attached hydrogen (secondary N) is 1. The minimum atomic E-state index is 0.406. The Morgan fingerprint density at radius 2 is 2.14 bits per heavy atom. The van der Waals surface area contributed by atoms with Gasteiger partial charge in [0.05, 0.1) is 6.04 Å². The lowest BCUT2D eigenvalue weighted by Crippen LogP contribution is -2.03. The van der Waals surface area contributed by atoms with Gasteiger partial charge in [-0.2, -0.15) is 11.3 Å². The van der Waals surface area contributed by atoms with Gasteiger partial charge in [-0.3, -0.25) is 0 Å². The highest BCUT2D eigenvalue weighted by molar-refractivity contribution is 7.12. The van der Waals surface area contributed by atoms with Gasteiger partial charge in [-0.25, -0.2) is 0 Å². The molecule has 2 aromatic heterocycles. The summed E-state index contributed by atoms with van der Waals surface area (Å²) in [6.07, 6.45) is 0. The summed E-state index contributed by atoms with van der Waals surface area (Å²) in [5.41, 5.74) is 1.22. The van der Waals surface area contributed by atoms with Crippen molar-refractivity contribution in [1.29, 1.82) is 0 Å². The van der Waals surface area contributed by atoms with Crippen LogP contribution in [-0.4, -0.2) is 0 Å². The highest BCUT2D eigenvalue weighted by Crippen LogP contribution is 2.26. The van der Waals surface area contributed by atoms with Gasteiger partial charge in [-0.1, -0.05) is 0 Å². The number of aryl methyl sites for hydroxylation is 1. The van der Waals surface area contributed by atoms with E-state index in [2.05, 4.69) is 48.1 Å². The van der Waals surface area contributed by atoms with E-state index in [1.165, 1.54) is 15.4 Å². The van der Waals surface area contributed by atoms with Crippen LogP contribution in [0.1, 0.15) is 22.7 Å². The van der Waals surface area contributed by atoms with Crippen LogP contribution in [0.2, 0.25) is 0 Å². The SMILES string of the molecule is Cc1ccc(C(C)Nc2ccsc2)s1. The molecule has 0 amide bonds. The largest absolute Gasteiger partial charge is 0.377 e. The molecule has 1 nitrogen and oxygen atoms in total. The average Bonchev–Trinajstić information content (AvgIpc) is 2.75. The number of rotatable bonds is 3. The van der Waals surface area contributed by atoms with Crippen molar-refractivity contribution in [2.75, 3.05) is 5.32 Å². The molecular formula is C11H13NS2. The first kappa shape index (κ1) is 9.74. The molecular weight excluding hydrogens is 210 g/mol. The molecule has 2 aromatic rings. The third-order valence-corrected chi connectivity index (χ3v) is 3.96. The van der Waals surface area contributed by atoms with Crippen molar-refractivity contribution in [2.45, 2.75) is 19.9 Å². The molecule has 0 bridgehead atoms. The molecule has 0 radical (unpaired) electrons. The molecule has 0 spiro atoms. The molecule has 1 unspecified atom stereocenters. The third kappa shape index (κ3) is 2.16. The van der Waals surface area contributed by atoms with E-state index in [1.807, 2.05) is 11.3 Å². The number of hydrogen-bond donors (Lipinski definition) is 1. The Balaban J connectivity index is 2.06. The van der Waals surface area contributed by atoms with E-state index in [0.29, 0.717) is 6.04 Å². The Hall–Kier alpha value is -0.800. The van der Waals surface area contributed by atoms with E-state index >= 15 is 0 Å². The van der Waals surface area contributed by atoms with Crippen molar-refractivity contribution in [3.8, 4) is 0 Å². The fourth-order valence-electron chi connectivity index (χ4n) is 1.35. The first-order valence-corrected chi connectivity index (χ1v) is 6.37. The van der Waals surface area contributed by atoms with Gasteiger partial charge in [-0.15, -0.1) is 11.3 Å². The van der Waals surface area contributed by atoms with Crippen molar-refractivity contribution in [1.82, 2.24) is 0 Å². The maximum absolute atomic E-state index is 3.47. The monoisotopic (exact) mass is 223 g/mol. The van der Waals surface area contributed by atoms with Crippen molar-refractivity contribution < 1.29 is 0 Å². The van der Waals surface area contributed by atoms with E-state index in [1.54, 1.807) is 11.3 Å². The second kappa shape index (κ2) is 4.15. The number of anilines is 1. The summed E-state index contributed by atoms with van der Waals surface area (Å²) in [5.74, 6) is 0. The molecule has 14 heavy (non-hydrogen) atoms. The van der Waals surface area contributed by atoms with E-state index in [-0.39, 0.29) is 0 Å². The lowest BCUT2D eigenvalue weighted by atomic mass is 10.2. The zero-order valence-corrected chi connectivity index (χ0v) is 9.91. The molecule has 0 aliphatic rings. The molecule has 0 saturated heterocycles. The molecule has 74 valence electrons. The van der Waals surface area contributed by atoms with E-state index < -0.39 is 0 Å². The second-order valence-corrected chi connectivity index (χ2v) is 5.43. The fraction of sp³-hybridized carbons (Fsp3) is 0.273. The summed E-state index contributed by atoms with van der Waals surface area (Å²) in [5, 5.41) is 7.70. The Bertz CT molecular complexity index is 389. The maximum atomic E-state index is 3.47. The lowest BCUT2D eigenvalue weighted by molar-refractivity contribution is 0.909. The molecule has 1 atom stereocenters. The van der Waals surface area contributed by atoms with Crippen molar-refractivity contribution in [3.63, 3.8) is 0 Å². The highest BCUT2D eigenvalue weighted by atomic mass is 32.1. The second-order valence-electron chi connectivity index (χ2n) is 3.33. The molecule has 0 saturated carbocycles. The van der Waals surface area contributed by atoms with Crippen LogP contribution in [-0.2, 0) is 0 Å². The van der Waals surface area contributed by atoms with Crippen LogP contribution in [0.3, 0.4) is 0 Å². The van der Waals surface area contributed by atoms with Crippen molar-refractivity contribution >= 4 is 28.4 Å². The molecule has 2 rings (SSSR count). The Morgan fingerprint density at radius 3 is 2.71 bits per heavy atom. The van der Waals surface area contributed by atoms with Gasteiger partial charge in [0.1, 0.15) is 0 Å². The van der Waals surface area contributed by atoms with E-state index in [9.17, 15) is 0 Å². The van der Waals surface area contributed by atoms with E-state index in [4.69, 9.17) is 0 Å². The third-order valence-electron chi connectivity index (χ3n) is 2.09. The minimum absolute atomic E-state index is 0.406. The summed E-state index contributed by atoms with van der Waals surface area (Å²) in [6.45, 7) is 4.34. The molecule has 2 heterocycles. The van der Waals surface area contributed by atoms with Crippen LogP contribution in [0.15, 0.2) is 29.0 Å². The van der Waals surface area contributed by atoms with Crippen LogP contribution in [0.25, 0.3) is 0 Å². The molecule has 0 aromatic carbocycles. The standard InChI is InChI=1S/C11H13NS2/c1-8-3-4-11(14-8)9(2)12-10-5-6-13-7-10/h3-7,9,12H,1-2H3. The first-order chi connectivity index (χ1) is 6.75. The van der Waals surface area contributed by atoms with E-state index in [0.717, 1.165) is 0 Å². The summed E-state index contributed by atoms with van der Waals surface area (Å²) in [6, 6.07) is 6.89. The summed E-state index contributed by atoms with van der Waals surface area (Å²) in [4.78, 5) is 2.77. The predicted molar refractivity (Wildman–Crippen MR) is 65.4 cm³/mol. The topological polar surface area (TPSA) is 12.0 Å². The maximum Gasteiger partial charge on any atom is 0.0578 e. The summed E-state index contributed by atoms with van der Waals surface area (Å²) < 4.78 is 0. The highest BCUT2D eigenvalue weighted by Gasteiger charge is 2.06. The summed E-state index contributed by atoms with van der Waals surface area (Å²) >= 11 is 3.58. The van der Waals surface area contributed by atoms with Crippen molar-refractivity contribution in [2.24, 2.45) is 0 Å². The normalized spacial score (nSPS) is 12.7. The van der Waals surface area contributed by atoms with Crippen LogP contribution in [0.5, 0.6) is 0 Å². The number of thiophene rings is 2. The predicted octanol–water partition coefficient (Wildman–Crippen LogP) is 4.29.